The van der Waals surface area contributed by atoms with E-state index in [9.17, 15) is 20.0 Å². The molecular formula is C27H29N3O7. The number of methoxy groups -OCH3 is 1. The second kappa shape index (κ2) is 11.4. The Bertz CT molecular complexity index is 1300. The highest BCUT2D eigenvalue weighted by atomic mass is 16.6. The summed E-state index contributed by atoms with van der Waals surface area (Å²) in [6.07, 6.45) is -0.555. The molecule has 10 heteroatoms. The van der Waals surface area contributed by atoms with E-state index in [4.69, 9.17) is 14.3 Å². The lowest BCUT2D eigenvalue weighted by atomic mass is 9.96. The Labute approximate surface area is 214 Å². The van der Waals surface area contributed by atoms with Crippen LogP contribution in [-0.4, -0.2) is 34.5 Å². The highest BCUT2D eigenvalue weighted by molar-refractivity contribution is 6.05. The van der Waals surface area contributed by atoms with Gasteiger partial charge in [0.25, 0.3) is 5.69 Å². The zero-order valence-corrected chi connectivity index (χ0v) is 21.3. The number of non-ortho nitro benzene ring substituents is 1. The normalized spacial score (nSPS) is 11.5. The number of benzene rings is 3. The molecule has 194 valence electrons. The van der Waals surface area contributed by atoms with Crippen molar-refractivity contribution in [1.29, 1.82) is 0 Å². The summed E-state index contributed by atoms with van der Waals surface area (Å²) in [5.74, 6) is 0.226. The molecule has 0 aliphatic rings. The van der Waals surface area contributed by atoms with Crippen LogP contribution in [-0.2, 0) is 16.2 Å². The molecule has 0 unspecified atom stereocenters. The Balaban J connectivity index is 1.82. The minimum absolute atomic E-state index is 0.00547. The SMILES string of the molecule is COc1cc(-c2ccc(NC(=O)OC(C)(C)C)cc2)c(/C(C)=N/OCc2ccc([N+](=O)[O-])cc2)cc1O. The van der Waals surface area contributed by atoms with Crippen LogP contribution >= 0.6 is 0 Å². The summed E-state index contributed by atoms with van der Waals surface area (Å²) >= 11 is 0. The predicted molar refractivity (Wildman–Crippen MR) is 140 cm³/mol. The molecule has 1 amide bonds. The van der Waals surface area contributed by atoms with Crippen LogP contribution in [0.15, 0.2) is 65.8 Å². The Morgan fingerprint density at radius 3 is 2.30 bits per heavy atom. The van der Waals surface area contributed by atoms with Gasteiger partial charge in [0.2, 0.25) is 0 Å². The molecule has 0 saturated carbocycles. The first-order chi connectivity index (χ1) is 17.5. The minimum atomic E-state index is -0.612. The van der Waals surface area contributed by atoms with Gasteiger partial charge in [-0.1, -0.05) is 17.3 Å². The van der Waals surface area contributed by atoms with Gasteiger partial charge in [0.1, 0.15) is 12.2 Å². The maximum absolute atomic E-state index is 12.1. The average Bonchev–Trinajstić information content (AvgIpc) is 2.83. The number of hydrogen-bond donors (Lipinski definition) is 2. The number of aromatic hydroxyl groups is 1. The molecule has 10 nitrogen and oxygen atoms in total. The molecule has 0 fully saturated rings. The fourth-order valence-electron chi connectivity index (χ4n) is 3.39. The van der Waals surface area contributed by atoms with Crippen LogP contribution in [0.2, 0.25) is 0 Å². The number of carbonyl (C=O) groups is 1. The third kappa shape index (κ3) is 7.44. The summed E-state index contributed by atoms with van der Waals surface area (Å²) < 4.78 is 10.6. The standard InChI is InChI=1S/C27H29N3O7/c1-17(29-36-16-18-6-12-21(13-7-18)30(33)34)22-14-24(31)25(35-5)15-23(22)19-8-10-20(11-9-19)28-26(32)37-27(2,3)4/h6-15,31H,16H2,1-5H3,(H,28,32)/b29-17+. The van der Waals surface area contributed by atoms with E-state index in [1.54, 1.807) is 58.0 Å². The number of amides is 1. The molecule has 37 heavy (non-hydrogen) atoms. The summed E-state index contributed by atoms with van der Waals surface area (Å²) in [6.45, 7) is 7.20. The molecule has 3 aromatic rings. The lowest BCUT2D eigenvalue weighted by Gasteiger charge is -2.19. The van der Waals surface area contributed by atoms with Crippen molar-refractivity contribution in [2.45, 2.75) is 39.9 Å². The van der Waals surface area contributed by atoms with Crippen molar-refractivity contribution in [2.75, 3.05) is 12.4 Å². The number of nitrogens with one attached hydrogen (secondary N) is 1. The van der Waals surface area contributed by atoms with E-state index in [0.717, 1.165) is 11.1 Å². The van der Waals surface area contributed by atoms with Gasteiger partial charge in [-0.2, -0.15) is 0 Å². The summed E-state index contributed by atoms with van der Waals surface area (Å²) in [6, 6.07) is 16.3. The zero-order chi connectivity index (χ0) is 27.2. The molecule has 0 heterocycles. The number of nitro groups is 1. The van der Waals surface area contributed by atoms with Crippen LogP contribution in [0.4, 0.5) is 16.2 Å². The molecule has 0 spiro atoms. The summed E-state index contributed by atoms with van der Waals surface area (Å²) in [7, 11) is 1.46. The number of nitrogens with zero attached hydrogens (tertiary/aromatic N) is 2. The number of anilines is 1. The second-order valence-electron chi connectivity index (χ2n) is 9.15. The topological polar surface area (TPSA) is 133 Å². The molecule has 3 aromatic carbocycles. The van der Waals surface area contributed by atoms with Crippen molar-refractivity contribution in [2.24, 2.45) is 5.16 Å². The maximum atomic E-state index is 12.1. The maximum Gasteiger partial charge on any atom is 0.412 e. The third-order valence-corrected chi connectivity index (χ3v) is 5.13. The first-order valence-corrected chi connectivity index (χ1v) is 11.4. The van der Waals surface area contributed by atoms with E-state index in [1.807, 2.05) is 12.1 Å². The van der Waals surface area contributed by atoms with Crippen LogP contribution < -0.4 is 10.1 Å². The Morgan fingerprint density at radius 2 is 1.73 bits per heavy atom. The van der Waals surface area contributed by atoms with E-state index in [1.165, 1.54) is 25.3 Å². The highest BCUT2D eigenvalue weighted by Crippen LogP contribution is 2.36. The molecule has 0 aliphatic heterocycles. The Hall–Kier alpha value is -4.60. The second-order valence-corrected chi connectivity index (χ2v) is 9.15. The molecule has 3 rings (SSSR count). The number of carbonyl (C=O) groups excluding carboxylic acids is 1. The average molecular weight is 508 g/mol. The number of hydrogen-bond acceptors (Lipinski definition) is 8. The Morgan fingerprint density at radius 1 is 1.08 bits per heavy atom. The minimum Gasteiger partial charge on any atom is -0.504 e. The molecule has 2 N–H and O–H groups in total. The zero-order valence-electron chi connectivity index (χ0n) is 21.3. The lowest BCUT2D eigenvalue weighted by molar-refractivity contribution is -0.384. The van der Waals surface area contributed by atoms with Gasteiger partial charge in [-0.05, 0) is 80.8 Å². The molecule has 0 radical (unpaired) electrons. The van der Waals surface area contributed by atoms with Gasteiger partial charge in [0.15, 0.2) is 11.5 Å². The number of rotatable bonds is 8. The van der Waals surface area contributed by atoms with Gasteiger partial charge >= 0.3 is 6.09 Å². The fourth-order valence-corrected chi connectivity index (χ4v) is 3.39. The largest absolute Gasteiger partial charge is 0.504 e. The third-order valence-electron chi connectivity index (χ3n) is 5.13. The lowest BCUT2D eigenvalue weighted by Crippen LogP contribution is -2.27. The first-order valence-electron chi connectivity index (χ1n) is 11.4. The van der Waals surface area contributed by atoms with Gasteiger partial charge in [-0.25, -0.2) is 4.79 Å². The fraction of sp³-hybridized carbons (Fsp3) is 0.259. The number of phenolic OH excluding ortho intramolecular Hbond substituents is 1. The van der Waals surface area contributed by atoms with Crippen molar-refractivity contribution in [3.63, 3.8) is 0 Å². The number of phenols is 1. The van der Waals surface area contributed by atoms with Crippen LogP contribution in [0.25, 0.3) is 11.1 Å². The van der Waals surface area contributed by atoms with Gasteiger partial charge in [-0.15, -0.1) is 0 Å². The van der Waals surface area contributed by atoms with Crippen molar-refractivity contribution in [3.8, 4) is 22.6 Å². The predicted octanol–water partition coefficient (Wildman–Crippen LogP) is 6.26. The number of ether oxygens (including phenoxy) is 2. The summed E-state index contributed by atoms with van der Waals surface area (Å²) in [5, 5.41) is 28.1. The summed E-state index contributed by atoms with van der Waals surface area (Å²) in [4.78, 5) is 27.9. The number of nitro benzene ring substituents is 1. The van der Waals surface area contributed by atoms with Gasteiger partial charge in [-0.3, -0.25) is 15.4 Å². The van der Waals surface area contributed by atoms with E-state index in [-0.39, 0.29) is 23.8 Å². The van der Waals surface area contributed by atoms with Gasteiger partial charge < -0.3 is 19.4 Å². The molecule has 0 aromatic heterocycles. The van der Waals surface area contributed by atoms with Crippen molar-refractivity contribution in [3.05, 3.63) is 81.9 Å². The van der Waals surface area contributed by atoms with E-state index in [2.05, 4.69) is 10.5 Å². The van der Waals surface area contributed by atoms with E-state index in [0.29, 0.717) is 22.5 Å². The van der Waals surface area contributed by atoms with Crippen LogP contribution in [0, 0.1) is 10.1 Å². The van der Waals surface area contributed by atoms with E-state index < -0.39 is 16.6 Å². The number of oxime groups is 1. The highest BCUT2D eigenvalue weighted by Gasteiger charge is 2.17. The molecule has 0 saturated heterocycles. The summed E-state index contributed by atoms with van der Waals surface area (Å²) in [5.41, 5.74) is 3.26. The van der Waals surface area contributed by atoms with Crippen molar-refractivity contribution >= 4 is 23.2 Å². The van der Waals surface area contributed by atoms with Crippen molar-refractivity contribution < 1.29 is 29.1 Å². The quantitative estimate of drug-likeness (QED) is 0.209. The van der Waals surface area contributed by atoms with E-state index >= 15 is 0 Å². The van der Waals surface area contributed by atoms with Crippen LogP contribution in [0.3, 0.4) is 0 Å². The van der Waals surface area contributed by atoms with Crippen LogP contribution in [0.5, 0.6) is 11.5 Å². The molecule has 0 bridgehead atoms. The smallest absolute Gasteiger partial charge is 0.412 e. The van der Waals surface area contributed by atoms with Crippen molar-refractivity contribution in [1.82, 2.24) is 0 Å². The van der Waals surface area contributed by atoms with Crippen LogP contribution in [0.1, 0.15) is 38.8 Å². The Kier molecular flexibility index (Phi) is 8.33. The monoisotopic (exact) mass is 507 g/mol. The molecular weight excluding hydrogens is 478 g/mol. The van der Waals surface area contributed by atoms with Gasteiger partial charge in [0, 0.05) is 23.4 Å². The molecule has 0 atom stereocenters. The van der Waals surface area contributed by atoms with Gasteiger partial charge in [0.05, 0.1) is 17.7 Å². The first kappa shape index (κ1) is 27.0. The molecule has 0 aliphatic carbocycles.